The van der Waals surface area contributed by atoms with Gasteiger partial charge >= 0.3 is 0 Å². The number of aryl methyl sites for hydroxylation is 2. The van der Waals surface area contributed by atoms with Gasteiger partial charge in [-0.2, -0.15) is 5.10 Å². The van der Waals surface area contributed by atoms with Crippen LogP contribution in [0.15, 0.2) is 36.7 Å². The molecule has 158 valence electrons. The molecule has 1 saturated heterocycles. The van der Waals surface area contributed by atoms with Gasteiger partial charge in [0.15, 0.2) is 12.0 Å². The number of thiophene rings is 1. The lowest BCUT2D eigenvalue weighted by Crippen LogP contribution is -2.60. The van der Waals surface area contributed by atoms with E-state index in [2.05, 4.69) is 5.10 Å². The Morgan fingerprint density at radius 3 is 2.81 bits per heavy atom. The SMILES string of the molecule is Cc1c(C=O)sc2cc(Oc3ccnn4cc(C(=O)N5CC(O)C5C)c(C)c34)ccc12. The van der Waals surface area contributed by atoms with Crippen LogP contribution in [0.5, 0.6) is 11.5 Å². The van der Waals surface area contributed by atoms with Crippen LogP contribution in [-0.2, 0) is 0 Å². The summed E-state index contributed by atoms with van der Waals surface area (Å²) in [7, 11) is 0. The van der Waals surface area contributed by atoms with Gasteiger partial charge < -0.3 is 14.7 Å². The van der Waals surface area contributed by atoms with Crippen molar-refractivity contribution in [3.63, 3.8) is 0 Å². The maximum Gasteiger partial charge on any atom is 0.256 e. The number of benzene rings is 1. The average molecular weight is 436 g/mol. The van der Waals surface area contributed by atoms with E-state index in [0.717, 1.165) is 37.9 Å². The number of hydrogen-bond acceptors (Lipinski definition) is 6. The van der Waals surface area contributed by atoms with Gasteiger partial charge in [-0.05, 0) is 55.5 Å². The number of aromatic nitrogens is 2. The van der Waals surface area contributed by atoms with Gasteiger partial charge in [0, 0.05) is 23.5 Å². The first-order valence-corrected chi connectivity index (χ1v) is 10.8. The Morgan fingerprint density at radius 2 is 2.10 bits per heavy atom. The lowest BCUT2D eigenvalue weighted by molar-refractivity contribution is -0.0357. The van der Waals surface area contributed by atoms with E-state index in [0.29, 0.717) is 23.6 Å². The molecule has 4 aromatic rings. The molecule has 7 nitrogen and oxygen atoms in total. The van der Waals surface area contributed by atoms with Crippen molar-refractivity contribution >= 4 is 39.1 Å². The van der Waals surface area contributed by atoms with Crippen LogP contribution in [0.4, 0.5) is 0 Å². The molecule has 0 bridgehead atoms. The van der Waals surface area contributed by atoms with Gasteiger partial charge in [0.05, 0.1) is 28.8 Å². The van der Waals surface area contributed by atoms with E-state index in [-0.39, 0.29) is 11.9 Å². The predicted octanol–water partition coefficient (Wildman–Crippen LogP) is 3.98. The fourth-order valence-corrected chi connectivity index (χ4v) is 5.12. The van der Waals surface area contributed by atoms with E-state index in [9.17, 15) is 14.7 Å². The Labute approximate surface area is 182 Å². The number of amides is 1. The van der Waals surface area contributed by atoms with Crippen LogP contribution in [0.25, 0.3) is 15.6 Å². The van der Waals surface area contributed by atoms with Crippen molar-refractivity contribution in [2.75, 3.05) is 6.54 Å². The third kappa shape index (κ3) is 3.02. The van der Waals surface area contributed by atoms with Crippen molar-refractivity contribution in [1.29, 1.82) is 0 Å². The Morgan fingerprint density at radius 1 is 1.29 bits per heavy atom. The molecule has 1 N–H and O–H groups in total. The Bertz CT molecular complexity index is 1360. The molecule has 0 aliphatic carbocycles. The minimum Gasteiger partial charge on any atom is -0.455 e. The zero-order chi connectivity index (χ0) is 21.9. The van der Waals surface area contributed by atoms with Crippen molar-refractivity contribution < 1.29 is 19.4 Å². The molecule has 0 saturated carbocycles. The monoisotopic (exact) mass is 435 g/mol. The summed E-state index contributed by atoms with van der Waals surface area (Å²) < 4.78 is 8.82. The maximum atomic E-state index is 13.0. The minimum atomic E-state index is -0.478. The number of ether oxygens (including phenoxy) is 1. The molecule has 4 heterocycles. The van der Waals surface area contributed by atoms with Gasteiger partial charge in [0.1, 0.15) is 11.3 Å². The highest BCUT2D eigenvalue weighted by atomic mass is 32.1. The molecule has 1 fully saturated rings. The first kappa shape index (κ1) is 19.7. The summed E-state index contributed by atoms with van der Waals surface area (Å²) >= 11 is 1.44. The molecular formula is C23H21N3O4S. The van der Waals surface area contributed by atoms with Gasteiger partial charge in [-0.1, -0.05) is 0 Å². The molecule has 8 heteroatoms. The van der Waals surface area contributed by atoms with Crippen molar-refractivity contribution in [2.45, 2.75) is 32.9 Å². The number of β-amino-alcohol motifs (C(OH)–C–C–N with tert-alkyl or cyclic N) is 1. The third-order valence-corrected chi connectivity index (χ3v) is 7.28. The minimum absolute atomic E-state index is 0.122. The van der Waals surface area contributed by atoms with Crippen molar-refractivity contribution in [3.8, 4) is 11.5 Å². The number of carbonyl (C=O) groups is 2. The highest BCUT2D eigenvalue weighted by Gasteiger charge is 2.38. The molecule has 3 aromatic heterocycles. The molecule has 0 spiro atoms. The topological polar surface area (TPSA) is 84.1 Å². The number of likely N-dealkylation sites (tertiary alicyclic amines) is 1. The van der Waals surface area contributed by atoms with Crippen LogP contribution in [0.3, 0.4) is 0 Å². The highest BCUT2D eigenvalue weighted by Crippen LogP contribution is 2.36. The van der Waals surface area contributed by atoms with Gasteiger partial charge in [0.25, 0.3) is 5.91 Å². The number of carbonyl (C=O) groups excluding carboxylic acids is 2. The van der Waals surface area contributed by atoms with E-state index in [1.807, 2.05) is 39.0 Å². The van der Waals surface area contributed by atoms with Crippen LogP contribution >= 0.6 is 11.3 Å². The Kier molecular flexibility index (Phi) is 4.56. The van der Waals surface area contributed by atoms with E-state index >= 15 is 0 Å². The number of nitrogens with zero attached hydrogens (tertiary/aromatic N) is 3. The summed E-state index contributed by atoms with van der Waals surface area (Å²) in [6.45, 7) is 5.99. The molecule has 1 aromatic carbocycles. The van der Waals surface area contributed by atoms with E-state index in [1.54, 1.807) is 27.9 Å². The van der Waals surface area contributed by atoms with E-state index in [4.69, 9.17) is 4.74 Å². The number of aliphatic hydroxyl groups excluding tert-OH is 1. The first-order valence-electron chi connectivity index (χ1n) is 10.0. The lowest BCUT2D eigenvalue weighted by Gasteiger charge is -2.43. The summed E-state index contributed by atoms with van der Waals surface area (Å²) in [4.78, 5) is 26.6. The van der Waals surface area contributed by atoms with Crippen molar-refractivity contribution in [3.05, 3.63) is 58.2 Å². The van der Waals surface area contributed by atoms with Crippen LogP contribution in [0.2, 0.25) is 0 Å². The fourth-order valence-electron chi connectivity index (χ4n) is 4.06. The van der Waals surface area contributed by atoms with Crippen molar-refractivity contribution in [2.24, 2.45) is 0 Å². The van der Waals surface area contributed by atoms with Gasteiger partial charge in [-0.25, -0.2) is 4.52 Å². The molecule has 0 radical (unpaired) electrons. The van der Waals surface area contributed by atoms with Gasteiger partial charge in [-0.15, -0.1) is 11.3 Å². The third-order valence-electron chi connectivity index (χ3n) is 6.10. The van der Waals surface area contributed by atoms with Crippen LogP contribution in [0.1, 0.15) is 38.1 Å². The second-order valence-corrected chi connectivity index (χ2v) is 8.97. The molecule has 31 heavy (non-hydrogen) atoms. The molecule has 5 rings (SSSR count). The largest absolute Gasteiger partial charge is 0.455 e. The quantitative estimate of drug-likeness (QED) is 0.490. The second kappa shape index (κ2) is 7.18. The average Bonchev–Trinajstić information content (AvgIpc) is 3.28. The smallest absolute Gasteiger partial charge is 0.256 e. The predicted molar refractivity (Wildman–Crippen MR) is 118 cm³/mol. The van der Waals surface area contributed by atoms with Gasteiger partial charge in [0.2, 0.25) is 0 Å². The zero-order valence-electron chi connectivity index (χ0n) is 17.3. The summed E-state index contributed by atoms with van der Waals surface area (Å²) in [6, 6.07) is 7.33. The fraction of sp³-hybridized carbons (Fsp3) is 0.261. The summed E-state index contributed by atoms with van der Waals surface area (Å²) in [5.74, 6) is 1.11. The molecule has 2 atom stereocenters. The van der Waals surface area contributed by atoms with E-state index < -0.39 is 6.10 Å². The summed E-state index contributed by atoms with van der Waals surface area (Å²) in [5, 5.41) is 15.1. The molecule has 1 aliphatic rings. The molecule has 1 amide bonds. The summed E-state index contributed by atoms with van der Waals surface area (Å²) in [6.07, 6.45) is 3.74. The van der Waals surface area contributed by atoms with Crippen molar-refractivity contribution in [1.82, 2.24) is 14.5 Å². The second-order valence-electron chi connectivity index (χ2n) is 7.89. The number of aliphatic hydroxyl groups is 1. The van der Waals surface area contributed by atoms with Crippen LogP contribution in [0, 0.1) is 13.8 Å². The normalized spacial score (nSPS) is 18.4. The number of fused-ring (bicyclic) bond motifs is 2. The molecule has 2 unspecified atom stereocenters. The van der Waals surface area contributed by atoms with E-state index in [1.165, 1.54) is 11.3 Å². The Balaban J connectivity index is 1.52. The Hall–Kier alpha value is -3.23. The summed E-state index contributed by atoms with van der Waals surface area (Å²) in [5.41, 5.74) is 3.01. The molecule has 1 aliphatic heterocycles. The standard InChI is InChI=1S/C23H21N3O4S/c1-12-16-5-4-15(8-20(16)31-21(12)11-27)30-19-6-7-24-26-9-17(13(2)22(19)26)23(29)25-10-18(28)14(25)3/h4-9,11,14,18,28H,10H2,1-3H3. The number of aldehydes is 1. The first-order chi connectivity index (χ1) is 14.9. The number of rotatable bonds is 4. The lowest BCUT2D eigenvalue weighted by atomic mass is 9.99. The van der Waals surface area contributed by atoms with Crippen LogP contribution < -0.4 is 4.74 Å². The van der Waals surface area contributed by atoms with Gasteiger partial charge in [-0.3, -0.25) is 9.59 Å². The van der Waals surface area contributed by atoms with Crippen LogP contribution in [-0.4, -0.2) is 50.5 Å². The number of hydrogen-bond donors (Lipinski definition) is 1. The maximum absolute atomic E-state index is 13.0. The molecular weight excluding hydrogens is 414 g/mol. The zero-order valence-corrected chi connectivity index (χ0v) is 18.1. The highest BCUT2D eigenvalue weighted by molar-refractivity contribution is 7.20.